The predicted octanol–water partition coefficient (Wildman–Crippen LogP) is 12.1. The monoisotopic (exact) mass is 722 g/mol. The van der Waals surface area contributed by atoms with Crippen molar-refractivity contribution in [1.29, 1.82) is 0 Å². The van der Waals surface area contributed by atoms with Crippen LogP contribution in [0.15, 0.2) is 108 Å². The summed E-state index contributed by atoms with van der Waals surface area (Å²) in [5.41, 5.74) is 4.83. The van der Waals surface area contributed by atoms with Crippen molar-refractivity contribution in [3.63, 3.8) is 0 Å². The van der Waals surface area contributed by atoms with Crippen LogP contribution in [0.1, 0.15) is 73.4 Å². The molecule has 236 valence electrons. The summed E-state index contributed by atoms with van der Waals surface area (Å²) in [7, 11) is 9.87. The molecule has 10 radical (unpaired) electrons. The van der Waals surface area contributed by atoms with Gasteiger partial charge in [0.1, 0.15) is 0 Å². The van der Waals surface area contributed by atoms with Crippen molar-refractivity contribution in [2.75, 3.05) is 0 Å². The number of benzene rings is 2. The van der Waals surface area contributed by atoms with E-state index in [-0.39, 0.29) is 16.2 Å². The number of hydrogen-bond acceptors (Lipinski definition) is 0. The van der Waals surface area contributed by atoms with Crippen LogP contribution in [-0.2, 0) is 26.3 Å². The summed E-state index contributed by atoms with van der Waals surface area (Å²) in [6.07, 6.45) is 21.2. The van der Waals surface area contributed by atoms with E-state index in [4.69, 9.17) is 17.0 Å². The first kappa shape index (κ1) is 36.2. The first-order valence-corrected chi connectivity index (χ1v) is 22.5. The summed E-state index contributed by atoms with van der Waals surface area (Å²) in [6.45, 7) is 21.1. The van der Waals surface area contributed by atoms with E-state index in [1.807, 2.05) is 0 Å². The van der Waals surface area contributed by atoms with Crippen molar-refractivity contribution in [2.45, 2.75) is 67.7 Å². The van der Waals surface area contributed by atoms with Gasteiger partial charge in [0.15, 0.2) is 0 Å². The molecule has 0 heterocycles. The third-order valence-electron chi connectivity index (χ3n) is 9.38. The van der Waals surface area contributed by atoms with Crippen LogP contribution in [0.2, 0.25) is 0 Å². The fourth-order valence-corrected chi connectivity index (χ4v) is 7.29. The van der Waals surface area contributed by atoms with Crippen molar-refractivity contribution >= 4 is 17.0 Å². The average Bonchev–Trinajstić information content (AvgIpc) is 3.63. The number of hydrogen-bond donors (Lipinski definition) is 0. The van der Waals surface area contributed by atoms with Crippen LogP contribution in [0.4, 0.5) is 0 Å². The second-order valence-electron chi connectivity index (χ2n) is 15.5. The van der Waals surface area contributed by atoms with E-state index in [0.29, 0.717) is 0 Å². The van der Waals surface area contributed by atoms with Gasteiger partial charge in [-0.2, -0.15) is 0 Å². The van der Waals surface area contributed by atoms with E-state index in [9.17, 15) is 0 Å². The van der Waals surface area contributed by atoms with Crippen LogP contribution in [-0.4, -0.2) is 0 Å². The van der Waals surface area contributed by atoms with Gasteiger partial charge in [-0.3, -0.25) is 0 Å². The van der Waals surface area contributed by atoms with Gasteiger partial charge in [-0.05, 0) is 58.5 Å². The number of halogens is 2. The summed E-state index contributed by atoms with van der Waals surface area (Å²) in [6, 6.07) is 22.5. The Bertz CT molecular complexity index is 1350. The Balaban J connectivity index is 0.00000134. The van der Waals surface area contributed by atoms with Gasteiger partial charge in [0.25, 0.3) is 0 Å². The Morgan fingerprint density at radius 2 is 0.913 bits per heavy atom. The summed E-state index contributed by atoms with van der Waals surface area (Å²) < 4.78 is 0. The molecule has 0 nitrogen and oxygen atoms in total. The first-order valence-electron chi connectivity index (χ1n) is 16.2. The first-order chi connectivity index (χ1) is 21.7. The van der Waals surface area contributed by atoms with Crippen LogP contribution in [0.3, 0.4) is 0 Å². The summed E-state index contributed by atoms with van der Waals surface area (Å²) in [5.74, 6) is 9.60. The minimum absolute atomic E-state index is 0.0394. The Kier molecular flexibility index (Phi) is 11.0. The second kappa shape index (κ2) is 14.0. The van der Waals surface area contributed by atoms with Gasteiger partial charge < -0.3 is 0 Å². The Morgan fingerprint density at radius 3 is 1.26 bits per heavy atom. The zero-order valence-corrected chi connectivity index (χ0v) is 32.7. The van der Waals surface area contributed by atoms with Crippen molar-refractivity contribution in [2.24, 2.45) is 16.2 Å². The van der Waals surface area contributed by atoms with E-state index >= 15 is 0 Å². The van der Waals surface area contributed by atoms with E-state index in [2.05, 4.69) is 179 Å². The molecule has 2 aromatic carbocycles. The van der Waals surface area contributed by atoms with Gasteiger partial charge in [-0.25, -0.2) is 0 Å². The van der Waals surface area contributed by atoms with Gasteiger partial charge in [0, 0.05) is 35.0 Å². The van der Waals surface area contributed by atoms with Gasteiger partial charge in [-0.1, -0.05) is 171 Å². The number of allylic oxidation sites excluding steroid dienone is 8. The molecule has 46 heavy (non-hydrogen) atoms. The standard InChI is InChI=1S/C43H46.2ClH.Zr/c1-40(2,3)31-26-27-32(28-31)43(29-18-12-10-13-19-29,30-20-14-11-15-21-30)39-37-33(22-16-24-35(37)41(4,5)6)34-23-17-25-36(38(34)39)42(7,8)9;;;/h10-28H,1-9H3;2*1H;/q;;;+2/p-2. The molecule has 0 bridgehead atoms. The Hall–Kier alpha value is -1.14. The van der Waals surface area contributed by atoms with Crippen LogP contribution < -0.4 is 0 Å². The molecule has 4 aliphatic rings. The minimum atomic E-state index is -0.826. The van der Waals surface area contributed by atoms with E-state index in [1.54, 1.807) is 0 Å². The maximum absolute atomic E-state index is 4.93. The van der Waals surface area contributed by atoms with Gasteiger partial charge >= 0.3 is 37.9 Å². The molecule has 0 spiro atoms. The van der Waals surface area contributed by atoms with E-state index in [1.165, 1.54) is 63.7 Å². The van der Waals surface area contributed by atoms with Crippen LogP contribution >= 0.6 is 17.0 Å². The summed E-state index contributed by atoms with van der Waals surface area (Å²) in [5, 5.41) is 0. The molecule has 0 aliphatic heterocycles. The van der Waals surface area contributed by atoms with Crippen molar-refractivity contribution in [1.82, 2.24) is 0 Å². The summed E-state index contributed by atoms with van der Waals surface area (Å²) >= 11 is -0.826. The number of rotatable bonds is 4. The number of fused-ring (bicyclic) bond motifs is 3. The SMILES string of the molecule is CC(C)(C)[C]1[CH][CH][C](C([C]2[C]3[C](C=CC=C3C(C)(C)C)[C]3C=CC=C(C(C)(C)C)[C]32)(c2ccccc2)c2ccccc2)[CH]1.[Cl][Zr][Cl]. The fraction of sp³-hybridized carbons (Fsp3) is 0.302. The fourth-order valence-electron chi connectivity index (χ4n) is 7.29. The molecule has 0 aromatic heterocycles. The maximum atomic E-state index is 4.93. The van der Waals surface area contributed by atoms with E-state index in [0.717, 1.165) is 0 Å². The molecule has 6 rings (SSSR count). The third-order valence-corrected chi connectivity index (χ3v) is 9.38. The van der Waals surface area contributed by atoms with Crippen LogP contribution in [0.5, 0.6) is 0 Å². The zero-order valence-electron chi connectivity index (χ0n) is 28.7. The molecule has 2 saturated carbocycles. The molecule has 0 saturated heterocycles. The van der Waals surface area contributed by atoms with Gasteiger partial charge in [0.2, 0.25) is 0 Å². The second-order valence-corrected chi connectivity index (χ2v) is 19.3. The molecular weight excluding hydrogens is 679 g/mol. The predicted molar refractivity (Wildman–Crippen MR) is 194 cm³/mol. The molecule has 2 fully saturated rings. The van der Waals surface area contributed by atoms with Crippen molar-refractivity contribution in [3.05, 3.63) is 180 Å². The van der Waals surface area contributed by atoms with E-state index < -0.39 is 26.3 Å². The topological polar surface area (TPSA) is 0 Å². The average molecular weight is 725 g/mol. The van der Waals surface area contributed by atoms with Crippen LogP contribution in [0, 0.1) is 76.9 Å². The van der Waals surface area contributed by atoms with Gasteiger partial charge in [0.05, 0.1) is 0 Å². The molecule has 2 aromatic rings. The van der Waals surface area contributed by atoms with Crippen LogP contribution in [0.25, 0.3) is 0 Å². The van der Waals surface area contributed by atoms with Crippen molar-refractivity contribution < 1.29 is 20.8 Å². The Labute approximate surface area is 299 Å². The molecule has 0 unspecified atom stereocenters. The zero-order chi connectivity index (χ0) is 33.5. The molecule has 4 aliphatic carbocycles. The molecule has 0 atom stereocenters. The molecule has 0 amide bonds. The molecule has 0 N–H and O–H groups in total. The quantitative estimate of drug-likeness (QED) is 0.295. The summed E-state index contributed by atoms with van der Waals surface area (Å²) in [4.78, 5) is 0. The molecular formula is C43H46Cl2Zr. The third kappa shape index (κ3) is 6.70. The van der Waals surface area contributed by atoms with Gasteiger partial charge in [-0.15, -0.1) is 0 Å². The molecule has 3 heteroatoms. The van der Waals surface area contributed by atoms with Crippen molar-refractivity contribution in [3.8, 4) is 0 Å². The Morgan fingerprint density at radius 1 is 0.522 bits per heavy atom. The normalized spacial score (nSPS) is 21.0.